The average Bonchev–Trinajstić information content (AvgIpc) is 3.19. The molecule has 1 saturated carbocycles. The van der Waals surface area contributed by atoms with Gasteiger partial charge in [-0.2, -0.15) is 4.98 Å². The van der Waals surface area contributed by atoms with Crippen LogP contribution in [0, 0.1) is 0 Å². The van der Waals surface area contributed by atoms with E-state index in [1.807, 2.05) is 0 Å². The summed E-state index contributed by atoms with van der Waals surface area (Å²) in [6.07, 6.45) is 2.61. The number of urea groups is 1. The number of ether oxygens (including phenoxy) is 1. The molecule has 1 aliphatic heterocycles. The molecule has 2 fully saturated rings. The average molecular weight is 371 g/mol. The number of carbonyl (C=O) groups is 2. The van der Waals surface area contributed by atoms with Crippen LogP contribution >= 0.6 is 0 Å². The number of carbonyl (C=O) groups excluding carboxylic acids is 2. The van der Waals surface area contributed by atoms with Gasteiger partial charge in [-0.3, -0.25) is 9.69 Å². The van der Waals surface area contributed by atoms with Gasteiger partial charge in [-0.25, -0.2) is 4.79 Å². The van der Waals surface area contributed by atoms with Crippen molar-refractivity contribution in [2.45, 2.75) is 43.8 Å². The lowest BCUT2D eigenvalue weighted by Gasteiger charge is -2.34. The molecule has 1 aromatic carbocycles. The molecule has 0 bridgehead atoms. The summed E-state index contributed by atoms with van der Waals surface area (Å²) in [5.74, 6) is 0.891. The fraction of sp³-hybridized carbons (Fsp3) is 0.444. The quantitative estimate of drug-likeness (QED) is 0.761. The summed E-state index contributed by atoms with van der Waals surface area (Å²) in [6.45, 7) is 1.57. The number of nitrogens with one attached hydrogen (secondary N) is 1. The first kappa shape index (κ1) is 17.5. The molecule has 3 amide bonds. The predicted octanol–water partition coefficient (Wildman–Crippen LogP) is 1.38. The van der Waals surface area contributed by atoms with Crippen LogP contribution in [-0.2, 0) is 22.4 Å². The molecule has 1 saturated heterocycles. The molecule has 2 aliphatic rings. The van der Waals surface area contributed by atoms with Gasteiger partial charge in [-0.05, 0) is 43.9 Å². The van der Waals surface area contributed by atoms with Crippen LogP contribution in [0.3, 0.4) is 0 Å². The summed E-state index contributed by atoms with van der Waals surface area (Å²) in [7, 11) is 1.56. The van der Waals surface area contributed by atoms with E-state index in [0.717, 1.165) is 24.2 Å². The Morgan fingerprint density at radius 1 is 1.30 bits per heavy atom. The standard InChI is InChI=1S/C18H21N5O4/c1-17(11-4-6-12(26-2)7-5-11)15(24)23(16(25)21-17)10-13-20-14(22-27-13)18(19)8-3-9-18/h4-7H,3,8-10,19H2,1-2H3,(H,21,25). The molecule has 27 heavy (non-hydrogen) atoms. The molecular weight excluding hydrogens is 350 g/mol. The van der Waals surface area contributed by atoms with Gasteiger partial charge < -0.3 is 20.3 Å². The first-order chi connectivity index (χ1) is 12.9. The van der Waals surface area contributed by atoms with Crippen LogP contribution in [0.4, 0.5) is 4.79 Å². The highest BCUT2D eigenvalue weighted by Crippen LogP contribution is 2.37. The predicted molar refractivity (Wildman–Crippen MR) is 93.4 cm³/mol. The summed E-state index contributed by atoms with van der Waals surface area (Å²) in [5, 5.41) is 6.67. The van der Waals surface area contributed by atoms with E-state index in [2.05, 4.69) is 15.5 Å². The van der Waals surface area contributed by atoms with E-state index < -0.39 is 17.1 Å². The maximum atomic E-state index is 13.0. The van der Waals surface area contributed by atoms with Gasteiger partial charge in [-0.15, -0.1) is 0 Å². The van der Waals surface area contributed by atoms with Crippen molar-refractivity contribution in [1.29, 1.82) is 0 Å². The van der Waals surface area contributed by atoms with Crippen molar-refractivity contribution in [3.8, 4) is 5.75 Å². The molecule has 0 spiro atoms. The minimum atomic E-state index is -1.17. The summed E-state index contributed by atoms with van der Waals surface area (Å²) < 4.78 is 10.4. The van der Waals surface area contributed by atoms with Crippen molar-refractivity contribution in [2.75, 3.05) is 7.11 Å². The van der Waals surface area contributed by atoms with Crippen LogP contribution in [0.15, 0.2) is 28.8 Å². The molecule has 2 heterocycles. The van der Waals surface area contributed by atoms with Crippen LogP contribution in [0.25, 0.3) is 0 Å². The normalized spacial score (nSPS) is 23.9. The van der Waals surface area contributed by atoms with Gasteiger partial charge in [0.2, 0.25) is 5.89 Å². The zero-order valence-electron chi connectivity index (χ0n) is 15.2. The van der Waals surface area contributed by atoms with Crippen molar-refractivity contribution in [3.63, 3.8) is 0 Å². The van der Waals surface area contributed by atoms with Gasteiger partial charge in [0, 0.05) is 0 Å². The summed E-state index contributed by atoms with van der Waals surface area (Å²) >= 11 is 0. The third kappa shape index (κ3) is 2.74. The Balaban J connectivity index is 1.54. The molecule has 1 aliphatic carbocycles. The number of imide groups is 1. The molecular formula is C18H21N5O4. The van der Waals surface area contributed by atoms with Crippen molar-refractivity contribution >= 4 is 11.9 Å². The first-order valence-electron chi connectivity index (χ1n) is 8.76. The molecule has 1 aromatic heterocycles. The van der Waals surface area contributed by atoms with E-state index in [-0.39, 0.29) is 18.3 Å². The molecule has 9 nitrogen and oxygen atoms in total. The Hall–Kier alpha value is -2.94. The van der Waals surface area contributed by atoms with E-state index in [9.17, 15) is 9.59 Å². The second kappa shape index (κ2) is 6.05. The molecule has 2 aromatic rings. The Kier molecular flexibility index (Phi) is 3.92. The number of nitrogens with two attached hydrogens (primary N) is 1. The Morgan fingerprint density at radius 3 is 2.59 bits per heavy atom. The van der Waals surface area contributed by atoms with E-state index in [1.54, 1.807) is 38.3 Å². The maximum Gasteiger partial charge on any atom is 0.325 e. The minimum Gasteiger partial charge on any atom is -0.497 e. The highest BCUT2D eigenvalue weighted by atomic mass is 16.5. The van der Waals surface area contributed by atoms with E-state index in [1.165, 1.54) is 0 Å². The lowest BCUT2D eigenvalue weighted by molar-refractivity contribution is -0.131. The van der Waals surface area contributed by atoms with Gasteiger partial charge in [0.15, 0.2) is 5.82 Å². The highest BCUT2D eigenvalue weighted by molar-refractivity contribution is 6.07. The summed E-state index contributed by atoms with van der Waals surface area (Å²) in [5.41, 5.74) is 5.12. The number of hydrogen-bond acceptors (Lipinski definition) is 7. The fourth-order valence-corrected chi connectivity index (χ4v) is 3.40. The van der Waals surface area contributed by atoms with Crippen LogP contribution in [0.2, 0.25) is 0 Å². The van der Waals surface area contributed by atoms with Gasteiger partial charge >= 0.3 is 6.03 Å². The number of hydrogen-bond donors (Lipinski definition) is 2. The Labute approximate surface area is 155 Å². The molecule has 9 heteroatoms. The molecule has 1 unspecified atom stereocenters. The third-order valence-electron chi connectivity index (χ3n) is 5.39. The number of amides is 3. The summed E-state index contributed by atoms with van der Waals surface area (Å²) in [4.78, 5) is 30.8. The summed E-state index contributed by atoms with van der Waals surface area (Å²) in [6, 6.07) is 6.47. The van der Waals surface area contributed by atoms with Crippen molar-refractivity contribution in [3.05, 3.63) is 41.5 Å². The van der Waals surface area contributed by atoms with E-state index >= 15 is 0 Å². The number of rotatable bonds is 5. The Bertz CT molecular complexity index is 889. The lowest BCUT2D eigenvalue weighted by Crippen LogP contribution is -2.44. The fourth-order valence-electron chi connectivity index (χ4n) is 3.40. The van der Waals surface area contributed by atoms with Crippen LogP contribution in [0.1, 0.15) is 43.5 Å². The third-order valence-corrected chi connectivity index (χ3v) is 5.39. The van der Waals surface area contributed by atoms with Crippen molar-refractivity contribution < 1.29 is 18.8 Å². The van der Waals surface area contributed by atoms with Crippen molar-refractivity contribution in [2.24, 2.45) is 5.73 Å². The monoisotopic (exact) mass is 371 g/mol. The number of benzene rings is 1. The highest BCUT2D eigenvalue weighted by Gasteiger charge is 2.49. The SMILES string of the molecule is COc1ccc(C2(C)NC(=O)N(Cc3nc(C4(N)CCC4)no3)C2=O)cc1. The molecule has 1 atom stereocenters. The lowest BCUT2D eigenvalue weighted by atomic mass is 9.77. The number of methoxy groups -OCH3 is 1. The number of aromatic nitrogens is 2. The van der Waals surface area contributed by atoms with Crippen LogP contribution < -0.4 is 15.8 Å². The topological polar surface area (TPSA) is 124 Å². The van der Waals surface area contributed by atoms with Crippen molar-refractivity contribution in [1.82, 2.24) is 20.4 Å². The first-order valence-corrected chi connectivity index (χ1v) is 8.76. The van der Waals surface area contributed by atoms with Crippen LogP contribution in [-0.4, -0.2) is 34.1 Å². The van der Waals surface area contributed by atoms with Gasteiger partial charge in [0.05, 0.1) is 12.6 Å². The molecule has 3 N–H and O–H groups in total. The van der Waals surface area contributed by atoms with Gasteiger partial charge in [-0.1, -0.05) is 17.3 Å². The smallest absolute Gasteiger partial charge is 0.325 e. The molecule has 4 rings (SSSR count). The largest absolute Gasteiger partial charge is 0.497 e. The second-order valence-corrected chi connectivity index (χ2v) is 7.20. The van der Waals surface area contributed by atoms with Gasteiger partial charge in [0.1, 0.15) is 17.8 Å². The van der Waals surface area contributed by atoms with E-state index in [0.29, 0.717) is 17.1 Å². The minimum absolute atomic E-state index is 0.0977. The second-order valence-electron chi connectivity index (χ2n) is 7.20. The number of nitrogens with zero attached hydrogens (tertiary/aromatic N) is 3. The van der Waals surface area contributed by atoms with Gasteiger partial charge in [0.25, 0.3) is 5.91 Å². The maximum absolute atomic E-state index is 13.0. The Morgan fingerprint density at radius 2 is 2.00 bits per heavy atom. The molecule has 142 valence electrons. The zero-order chi connectivity index (χ0) is 19.2. The van der Waals surface area contributed by atoms with E-state index in [4.69, 9.17) is 15.0 Å². The zero-order valence-corrected chi connectivity index (χ0v) is 15.2. The van der Waals surface area contributed by atoms with Crippen LogP contribution in [0.5, 0.6) is 5.75 Å². The molecule has 0 radical (unpaired) electrons.